The Morgan fingerprint density at radius 1 is 0.905 bits per heavy atom. The Morgan fingerprint density at radius 3 is 2.33 bits per heavy atom. The number of benzene rings is 2. The lowest BCUT2D eigenvalue weighted by atomic mass is 10.1. The van der Waals surface area contributed by atoms with E-state index in [-0.39, 0.29) is 0 Å². The Balaban J connectivity index is 1.71. The van der Waals surface area contributed by atoms with E-state index in [0.29, 0.717) is 13.2 Å². The second kappa shape index (κ2) is 7.58. The van der Waals surface area contributed by atoms with Crippen LogP contribution < -0.4 is 14.8 Å². The second-order valence-electron chi connectivity index (χ2n) is 5.09. The maximum atomic E-state index is 5.80. The summed E-state index contributed by atoms with van der Waals surface area (Å²) in [4.78, 5) is 0. The zero-order chi connectivity index (χ0) is 15.1. The molecule has 0 aliphatic heterocycles. The Labute approximate surface area is 126 Å². The molecule has 21 heavy (non-hydrogen) atoms. The van der Waals surface area contributed by atoms with Gasteiger partial charge in [0, 0.05) is 19.2 Å². The zero-order valence-electron chi connectivity index (χ0n) is 13.0. The SMILES string of the molecule is CNc1ccc(OCCCOc2cc(C)ccc2C)cc1. The third-order valence-electron chi connectivity index (χ3n) is 3.30. The molecule has 0 aliphatic rings. The number of anilines is 1. The molecule has 2 aromatic carbocycles. The van der Waals surface area contributed by atoms with E-state index in [0.717, 1.165) is 23.6 Å². The van der Waals surface area contributed by atoms with Crippen LogP contribution in [0.4, 0.5) is 5.69 Å². The number of rotatable bonds is 7. The highest BCUT2D eigenvalue weighted by molar-refractivity contribution is 5.45. The molecule has 0 spiro atoms. The van der Waals surface area contributed by atoms with Gasteiger partial charge in [0.2, 0.25) is 0 Å². The molecular weight excluding hydrogens is 262 g/mol. The average Bonchev–Trinajstić information content (AvgIpc) is 2.51. The van der Waals surface area contributed by atoms with Crippen LogP contribution in [0.1, 0.15) is 17.5 Å². The molecule has 0 saturated heterocycles. The van der Waals surface area contributed by atoms with Crippen LogP contribution in [0.25, 0.3) is 0 Å². The van der Waals surface area contributed by atoms with Crippen molar-refractivity contribution in [3.63, 3.8) is 0 Å². The van der Waals surface area contributed by atoms with Crippen molar-refractivity contribution in [1.29, 1.82) is 0 Å². The fraction of sp³-hybridized carbons (Fsp3) is 0.333. The molecule has 0 bridgehead atoms. The molecule has 0 fully saturated rings. The molecule has 0 atom stereocenters. The molecule has 0 saturated carbocycles. The second-order valence-corrected chi connectivity index (χ2v) is 5.09. The molecule has 3 heteroatoms. The first-order valence-corrected chi connectivity index (χ1v) is 7.29. The highest BCUT2D eigenvalue weighted by Crippen LogP contribution is 2.19. The molecular formula is C18H23NO2. The molecule has 0 amide bonds. The lowest BCUT2D eigenvalue weighted by Crippen LogP contribution is -2.05. The van der Waals surface area contributed by atoms with Crippen molar-refractivity contribution >= 4 is 5.69 Å². The van der Waals surface area contributed by atoms with Crippen molar-refractivity contribution in [1.82, 2.24) is 0 Å². The van der Waals surface area contributed by atoms with Crippen LogP contribution in [-0.2, 0) is 0 Å². The van der Waals surface area contributed by atoms with Gasteiger partial charge in [0.15, 0.2) is 0 Å². The van der Waals surface area contributed by atoms with Gasteiger partial charge in [-0.3, -0.25) is 0 Å². The van der Waals surface area contributed by atoms with E-state index < -0.39 is 0 Å². The summed E-state index contributed by atoms with van der Waals surface area (Å²) < 4.78 is 11.5. The zero-order valence-corrected chi connectivity index (χ0v) is 13.0. The van der Waals surface area contributed by atoms with Gasteiger partial charge in [-0.15, -0.1) is 0 Å². The van der Waals surface area contributed by atoms with Crippen molar-refractivity contribution in [2.45, 2.75) is 20.3 Å². The summed E-state index contributed by atoms with van der Waals surface area (Å²) >= 11 is 0. The van der Waals surface area contributed by atoms with Crippen molar-refractivity contribution < 1.29 is 9.47 Å². The van der Waals surface area contributed by atoms with Gasteiger partial charge < -0.3 is 14.8 Å². The van der Waals surface area contributed by atoms with E-state index in [9.17, 15) is 0 Å². The van der Waals surface area contributed by atoms with Crippen molar-refractivity contribution in [3.8, 4) is 11.5 Å². The summed E-state index contributed by atoms with van der Waals surface area (Å²) in [5, 5.41) is 3.08. The van der Waals surface area contributed by atoms with E-state index in [1.807, 2.05) is 31.3 Å². The van der Waals surface area contributed by atoms with Gasteiger partial charge in [0.1, 0.15) is 11.5 Å². The number of nitrogens with one attached hydrogen (secondary N) is 1. The Bertz CT molecular complexity index is 564. The monoisotopic (exact) mass is 285 g/mol. The predicted octanol–water partition coefficient (Wildman–Crippen LogP) is 4.19. The number of aryl methyl sites for hydroxylation is 2. The molecule has 2 rings (SSSR count). The minimum Gasteiger partial charge on any atom is -0.493 e. The van der Waals surface area contributed by atoms with Gasteiger partial charge in [0.25, 0.3) is 0 Å². The Kier molecular flexibility index (Phi) is 5.50. The van der Waals surface area contributed by atoms with Crippen LogP contribution in [0.5, 0.6) is 11.5 Å². The van der Waals surface area contributed by atoms with Gasteiger partial charge >= 0.3 is 0 Å². The van der Waals surface area contributed by atoms with Crippen LogP contribution in [0, 0.1) is 13.8 Å². The minimum absolute atomic E-state index is 0.657. The largest absolute Gasteiger partial charge is 0.493 e. The van der Waals surface area contributed by atoms with Crippen LogP contribution in [0.15, 0.2) is 42.5 Å². The quantitative estimate of drug-likeness (QED) is 0.774. The summed E-state index contributed by atoms with van der Waals surface area (Å²) in [6, 6.07) is 14.2. The summed E-state index contributed by atoms with van der Waals surface area (Å²) in [6.45, 7) is 5.46. The lowest BCUT2D eigenvalue weighted by Gasteiger charge is -2.11. The summed E-state index contributed by atoms with van der Waals surface area (Å²) in [6.07, 6.45) is 0.862. The van der Waals surface area contributed by atoms with Crippen LogP contribution in [0.2, 0.25) is 0 Å². The van der Waals surface area contributed by atoms with E-state index >= 15 is 0 Å². The number of hydrogen-bond acceptors (Lipinski definition) is 3. The van der Waals surface area contributed by atoms with E-state index in [1.165, 1.54) is 11.1 Å². The molecule has 0 aromatic heterocycles. The van der Waals surface area contributed by atoms with Crippen LogP contribution in [-0.4, -0.2) is 20.3 Å². The summed E-state index contributed by atoms with van der Waals surface area (Å²) in [5.74, 6) is 1.86. The Morgan fingerprint density at radius 2 is 1.62 bits per heavy atom. The standard InChI is InChI=1S/C18H23NO2/c1-14-5-6-15(2)18(13-14)21-12-4-11-20-17-9-7-16(19-3)8-10-17/h5-10,13,19H,4,11-12H2,1-3H3. The molecule has 112 valence electrons. The molecule has 0 aliphatic carbocycles. The van der Waals surface area contributed by atoms with Gasteiger partial charge in [0.05, 0.1) is 13.2 Å². The van der Waals surface area contributed by atoms with E-state index in [2.05, 4.69) is 37.4 Å². The molecule has 3 nitrogen and oxygen atoms in total. The first-order valence-electron chi connectivity index (χ1n) is 7.29. The maximum Gasteiger partial charge on any atom is 0.122 e. The summed E-state index contributed by atoms with van der Waals surface area (Å²) in [5.41, 5.74) is 3.47. The topological polar surface area (TPSA) is 30.5 Å². The fourth-order valence-corrected chi connectivity index (χ4v) is 2.01. The molecule has 1 N–H and O–H groups in total. The summed E-state index contributed by atoms with van der Waals surface area (Å²) in [7, 11) is 1.90. The van der Waals surface area contributed by atoms with Gasteiger partial charge in [-0.1, -0.05) is 12.1 Å². The maximum absolute atomic E-state index is 5.80. The van der Waals surface area contributed by atoms with Crippen molar-refractivity contribution in [2.75, 3.05) is 25.6 Å². The molecule has 2 aromatic rings. The normalized spacial score (nSPS) is 10.2. The van der Waals surface area contributed by atoms with E-state index in [4.69, 9.17) is 9.47 Å². The Hall–Kier alpha value is -2.16. The first kappa shape index (κ1) is 15.2. The molecule has 0 radical (unpaired) electrons. The third kappa shape index (κ3) is 4.71. The molecule has 0 unspecified atom stereocenters. The predicted molar refractivity (Wildman–Crippen MR) is 87.5 cm³/mol. The highest BCUT2D eigenvalue weighted by Gasteiger charge is 2.00. The van der Waals surface area contributed by atoms with E-state index in [1.54, 1.807) is 0 Å². The lowest BCUT2D eigenvalue weighted by molar-refractivity contribution is 0.246. The van der Waals surface area contributed by atoms with Crippen molar-refractivity contribution in [2.24, 2.45) is 0 Å². The molecule has 0 heterocycles. The first-order chi connectivity index (χ1) is 10.2. The third-order valence-corrected chi connectivity index (χ3v) is 3.30. The van der Waals surface area contributed by atoms with Gasteiger partial charge in [-0.2, -0.15) is 0 Å². The number of hydrogen-bond donors (Lipinski definition) is 1. The average molecular weight is 285 g/mol. The van der Waals surface area contributed by atoms with Gasteiger partial charge in [-0.25, -0.2) is 0 Å². The van der Waals surface area contributed by atoms with Crippen molar-refractivity contribution in [3.05, 3.63) is 53.6 Å². The van der Waals surface area contributed by atoms with Gasteiger partial charge in [-0.05, 0) is 55.3 Å². The fourth-order valence-electron chi connectivity index (χ4n) is 2.01. The smallest absolute Gasteiger partial charge is 0.122 e. The number of ether oxygens (including phenoxy) is 2. The minimum atomic E-state index is 0.657. The highest BCUT2D eigenvalue weighted by atomic mass is 16.5. The van der Waals surface area contributed by atoms with Crippen LogP contribution >= 0.6 is 0 Å². The van der Waals surface area contributed by atoms with Crippen LogP contribution in [0.3, 0.4) is 0 Å².